The molecule has 1 saturated heterocycles. The van der Waals surface area contributed by atoms with Gasteiger partial charge in [0, 0.05) is 21.6 Å². The number of hydrogen-bond acceptors (Lipinski definition) is 8. The third kappa shape index (κ3) is 4.83. The first-order valence-corrected chi connectivity index (χ1v) is 15.8. The number of likely N-dealkylation sites (tertiary alicyclic amines) is 1. The molecule has 45 heavy (non-hydrogen) atoms. The molecule has 2 bridgehead atoms. The number of hydrogen-bond donors (Lipinski definition) is 3. The smallest absolute Gasteiger partial charge is 0.418 e. The second-order valence-corrected chi connectivity index (χ2v) is 13.7. The number of aliphatic carboxylic acids is 1. The lowest BCUT2D eigenvalue weighted by Gasteiger charge is -2.43. The number of aromatic amines is 1. The summed E-state index contributed by atoms with van der Waals surface area (Å²) in [6.45, 7) is -1.29. The molecule has 3 amide bonds. The van der Waals surface area contributed by atoms with Crippen LogP contribution >= 0.6 is 23.1 Å². The summed E-state index contributed by atoms with van der Waals surface area (Å²) in [7, 11) is 0. The fourth-order valence-electron chi connectivity index (χ4n) is 7.76. The number of carbonyl (C=O) groups excluding carboxylic acids is 3. The molecule has 0 radical (unpaired) electrons. The van der Waals surface area contributed by atoms with E-state index in [4.69, 9.17) is 4.74 Å². The van der Waals surface area contributed by atoms with E-state index in [0.717, 1.165) is 33.2 Å². The van der Waals surface area contributed by atoms with Crippen molar-refractivity contribution >= 4 is 52.5 Å². The monoisotopic (exact) mass is 659 g/mol. The maximum absolute atomic E-state index is 13.4. The van der Waals surface area contributed by atoms with E-state index < -0.39 is 72.0 Å². The Morgan fingerprint density at radius 2 is 1.71 bits per heavy atom. The predicted octanol–water partition coefficient (Wildman–Crippen LogP) is 4.03. The number of carbonyl (C=O) groups is 4. The number of imide groups is 1. The number of thioether (sulfide) groups is 1. The number of ether oxygens (including phenoxy) is 1. The SMILES string of the molecule is O=C(O)CN1C(=O)C2C3CC(C2C1=O)C1C3Sc2[nH]c(=O)sc2[C@@H]1c1ccccc1OCC(=O)Nc1ccccc1C(F)(F)F. The fourth-order valence-corrected chi connectivity index (χ4v) is 10.6. The molecule has 2 aliphatic carbocycles. The number of alkyl halides is 3. The summed E-state index contributed by atoms with van der Waals surface area (Å²) in [5, 5.41) is 12.1. The van der Waals surface area contributed by atoms with Crippen LogP contribution in [0.2, 0.25) is 0 Å². The minimum atomic E-state index is -4.67. The van der Waals surface area contributed by atoms with Gasteiger partial charge in [-0.3, -0.25) is 28.9 Å². The quantitative estimate of drug-likeness (QED) is 0.323. The number of carboxylic acids is 1. The zero-order valence-electron chi connectivity index (χ0n) is 23.1. The molecule has 3 fully saturated rings. The van der Waals surface area contributed by atoms with Crippen LogP contribution < -0.4 is 14.9 Å². The van der Waals surface area contributed by atoms with Gasteiger partial charge in [0.1, 0.15) is 12.3 Å². The number of anilines is 1. The third-order valence-corrected chi connectivity index (χ3v) is 11.8. The van der Waals surface area contributed by atoms with Crippen LogP contribution in [-0.2, 0) is 25.4 Å². The van der Waals surface area contributed by atoms with E-state index in [0.29, 0.717) is 22.8 Å². The van der Waals surface area contributed by atoms with Crippen molar-refractivity contribution in [3.05, 3.63) is 74.2 Å². The second kappa shape index (κ2) is 10.8. The van der Waals surface area contributed by atoms with Gasteiger partial charge in [-0.25, -0.2) is 0 Å². The van der Waals surface area contributed by atoms with Crippen LogP contribution in [0.1, 0.15) is 28.3 Å². The molecule has 2 aliphatic heterocycles. The molecule has 234 valence electrons. The maximum atomic E-state index is 13.4. The van der Waals surface area contributed by atoms with E-state index in [1.165, 1.54) is 23.9 Å². The Bertz CT molecular complexity index is 1810. The number of para-hydroxylation sites is 2. The number of carboxylic acid groups (broad SMARTS) is 1. The first kappa shape index (κ1) is 29.6. The molecule has 10 nitrogen and oxygen atoms in total. The number of thiazole rings is 1. The van der Waals surface area contributed by atoms with Crippen molar-refractivity contribution < 1.29 is 42.2 Å². The van der Waals surface area contributed by atoms with Gasteiger partial charge < -0.3 is 20.1 Å². The Hall–Kier alpha value is -4.11. The van der Waals surface area contributed by atoms with Gasteiger partial charge in [-0.15, -0.1) is 11.8 Å². The van der Waals surface area contributed by atoms with E-state index in [1.54, 1.807) is 24.3 Å². The number of amides is 3. The number of nitrogens with zero attached hydrogens (tertiary/aromatic N) is 1. The van der Waals surface area contributed by atoms with Gasteiger partial charge in [0.25, 0.3) is 5.91 Å². The van der Waals surface area contributed by atoms with E-state index in [1.807, 2.05) is 0 Å². The fraction of sp³-hybridized carbons (Fsp3) is 0.367. The molecule has 1 aromatic heterocycles. The Balaban J connectivity index is 1.19. The van der Waals surface area contributed by atoms with Crippen molar-refractivity contribution in [3.8, 4) is 5.75 Å². The van der Waals surface area contributed by atoms with Crippen molar-refractivity contribution in [1.82, 2.24) is 9.88 Å². The van der Waals surface area contributed by atoms with Crippen LogP contribution in [0, 0.1) is 29.6 Å². The second-order valence-electron chi connectivity index (χ2n) is 11.5. The molecular weight excluding hydrogens is 635 g/mol. The van der Waals surface area contributed by atoms with Gasteiger partial charge in [-0.1, -0.05) is 41.7 Å². The van der Waals surface area contributed by atoms with Crippen molar-refractivity contribution in [2.24, 2.45) is 29.6 Å². The average molecular weight is 660 g/mol. The number of halogens is 3. The standard InChI is InChI=1S/C30H24F3N3O7S2/c31-30(32,33)15-6-2-3-7-16(15)34-18(37)11-43-17-8-4-1-5-12(17)20-21-13-9-14(24(21)44-26-25(20)45-29(42)35-26)23-22(13)27(40)36(28(23)41)10-19(38)39/h1-8,13-14,20-24H,9-11H2,(H,34,37)(H,35,42)(H,38,39)/t13?,14?,20-,21?,22?,23?,24?/m1/s1. The Kier molecular flexibility index (Phi) is 7.07. The van der Waals surface area contributed by atoms with Crippen molar-refractivity contribution in [2.45, 2.75) is 28.8 Å². The summed E-state index contributed by atoms with van der Waals surface area (Å²) in [6.07, 6.45) is -4.08. The lowest BCUT2D eigenvalue weighted by molar-refractivity contribution is -0.149. The maximum Gasteiger partial charge on any atom is 0.418 e. The van der Waals surface area contributed by atoms with Gasteiger partial charge in [-0.05, 0) is 42.4 Å². The third-order valence-electron chi connectivity index (χ3n) is 9.23. The molecule has 0 spiro atoms. The van der Waals surface area contributed by atoms with Gasteiger partial charge >= 0.3 is 17.0 Å². The summed E-state index contributed by atoms with van der Waals surface area (Å²) >= 11 is 2.50. The summed E-state index contributed by atoms with van der Waals surface area (Å²) in [4.78, 5) is 67.6. The Labute approximate surface area is 261 Å². The number of rotatable bonds is 7. The summed E-state index contributed by atoms with van der Waals surface area (Å²) < 4.78 is 46.2. The molecule has 4 aliphatic rings. The zero-order valence-corrected chi connectivity index (χ0v) is 24.7. The lowest BCUT2D eigenvalue weighted by atomic mass is 9.68. The number of nitrogens with one attached hydrogen (secondary N) is 2. The molecule has 6 unspecified atom stereocenters. The number of aromatic nitrogens is 1. The van der Waals surface area contributed by atoms with Crippen LogP contribution in [0.25, 0.3) is 0 Å². The Morgan fingerprint density at radius 3 is 2.44 bits per heavy atom. The minimum absolute atomic E-state index is 0.157. The molecule has 2 aromatic carbocycles. The summed E-state index contributed by atoms with van der Waals surface area (Å²) in [6, 6.07) is 11.5. The predicted molar refractivity (Wildman–Crippen MR) is 155 cm³/mol. The normalized spacial score (nSPS) is 28.1. The highest BCUT2D eigenvalue weighted by atomic mass is 32.2. The van der Waals surface area contributed by atoms with E-state index >= 15 is 0 Å². The highest BCUT2D eigenvalue weighted by Crippen LogP contribution is 2.69. The van der Waals surface area contributed by atoms with Crippen molar-refractivity contribution in [2.75, 3.05) is 18.5 Å². The van der Waals surface area contributed by atoms with E-state index in [9.17, 15) is 42.3 Å². The zero-order chi connectivity index (χ0) is 31.8. The Morgan fingerprint density at radius 1 is 1.02 bits per heavy atom. The van der Waals surface area contributed by atoms with E-state index in [-0.39, 0.29) is 27.9 Å². The van der Waals surface area contributed by atoms with Gasteiger partial charge in [-0.2, -0.15) is 13.2 Å². The average Bonchev–Trinajstić information content (AvgIpc) is 3.72. The van der Waals surface area contributed by atoms with Crippen LogP contribution in [0.3, 0.4) is 0 Å². The first-order valence-electron chi connectivity index (χ1n) is 14.1. The first-order chi connectivity index (χ1) is 21.4. The van der Waals surface area contributed by atoms with Gasteiger partial charge in [0.15, 0.2) is 6.61 Å². The van der Waals surface area contributed by atoms with Crippen LogP contribution in [0.4, 0.5) is 18.9 Å². The number of fused-ring (bicyclic) bond motifs is 9. The highest BCUT2D eigenvalue weighted by Gasteiger charge is 2.69. The molecule has 3 N–H and O–H groups in total. The molecule has 7 rings (SSSR count). The minimum Gasteiger partial charge on any atom is -0.483 e. The largest absolute Gasteiger partial charge is 0.483 e. The van der Waals surface area contributed by atoms with E-state index in [2.05, 4.69) is 10.3 Å². The lowest BCUT2D eigenvalue weighted by Crippen LogP contribution is -2.42. The number of H-pyrrole nitrogens is 1. The van der Waals surface area contributed by atoms with Crippen LogP contribution in [-0.4, -0.2) is 57.1 Å². The van der Waals surface area contributed by atoms with Crippen molar-refractivity contribution in [3.63, 3.8) is 0 Å². The molecule has 15 heteroatoms. The topological polar surface area (TPSA) is 146 Å². The van der Waals surface area contributed by atoms with Gasteiger partial charge in [0.2, 0.25) is 11.8 Å². The summed E-state index contributed by atoms with van der Waals surface area (Å²) in [5.74, 6) is -5.18. The van der Waals surface area contributed by atoms with Crippen LogP contribution in [0.15, 0.2) is 58.4 Å². The van der Waals surface area contributed by atoms with Crippen LogP contribution in [0.5, 0.6) is 5.75 Å². The number of benzene rings is 2. The highest BCUT2D eigenvalue weighted by molar-refractivity contribution is 8.00. The summed E-state index contributed by atoms with van der Waals surface area (Å²) in [5.41, 5.74) is -0.753. The molecule has 3 heterocycles. The molecule has 7 atom stereocenters. The van der Waals surface area contributed by atoms with Crippen molar-refractivity contribution in [1.29, 1.82) is 0 Å². The molecule has 2 saturated carbocycles. The van der Waals surface area contributed by atoms with Gasteiger partial charge in [0.05, 0.1) is 28.1 Å². The molecule has 3 aromatic rings. The molecular formula is C30H24F3N3O7S2.